The molecule has 0 saturated carbocycles. The standard InChI is InChI=1S/C24H25F3N4O7S.C2H5Cl/c25-24(26,27)37-17-5-3-16(4-6-17)23-29-21(38-30-23)2-1-13-36-18-7-8-20(19(32)14-18)39(34,35)31-11-9-15(10-12-31)22(28)33;1-2-3/h3-8,14-15,32H,1-2,9-13H2,(H2,28,33);2H2,1H3. The van der Waals surface area contributed by atoms with Crippen molar-refractivity contribution in [2.75, 3.05) is 25.6 Å². The average molecular weight is 635 g/mol. The Labute approximate surface area is 245 Å². The van der Waals surface area contributed by atoms with Gasteiger partial charge in [0.05, 0.1) is 6.61 Å². The molecule has 0 spiro atoms. The molecule has 0 radical (unpaired) electrons. The Morgan fingerprint density at radius 2 is 1.79 bits per heavy atom. The number of phenolic OH excluding ortho intramolecular Hbond substituents is 1. The fraction of sp³-hybridized carbons (Fsp3) is 0.423. The number of aromatic hydroxyl groups is 1. The molecule has 1 amide bonds. The minimum Gasteiger partial charge on any atom is -0.506 e. The lowest BCUT2D eigenvalue weighted by atomic mass is 9.98. The number of alkyl halides is 4. The number of hydrogen-bond acceptors (Lipinski definition) is 9. The van der Waals surface area contributed by atoms with Gasteiger partial charge in [-0.3, -0.25) is 4.79 Å². The van der Waals surface area contributed by atoms with Crippen molar-refractivity contribution < 1.29 is 45.5 Å². The smallest absolute Gasteiger partial charge is 0.506 e. The van der Waals surface area contributed by atoms with E-state index in [0.29, 0.717) is 31.2 Å². The third-order valence-corrected chi connectivity index (χ3v) is 7.97. The third-order valence-electron chi connectivity index (χ3n) is 6.02. The van der Waals surface area contributed by atoms with E-state index in [-0.39, 0.29) is 53.7 Å². The number of sulfonamides is 1. The lowest BCUT2D eigenvalue weighted by Gasteiger charge is -2.29. The van der Waals surface area contributed by atoms with Crippen molar-refractivity contribution in [2.24, 2.45) is 11.7 Å². The van der Waals surface area contributed by atoms with Crippen LogP contribution in [-0.4, -0.2) is 65.8 Å². The Bertz CT molecular complexity index is 1430. The minimum absolute atomic E-state index is 0.128. The molecular formula is C26H30ClF3N4O7S. The highest BCUT2D eigenvalue weighted by atomic mass is 35.5. The second kappa shape index (κ2) is 14.6. The van der Waals surface area contributed by atoms with Crippen molar-refractivity contribution in [3.05, 3.63) is 48.4 Å². The second-order valence-electron chi connectivity index (χ2n) is 9.01. The number of nitrogens with two attached hydrogens (primary N) is 1. The highest BCUT2D eigenvalue weighted by Crippen LogP contribution is 2.32. The third kappa shape index (κ3) is 9.22. The van der Waals surface area contributed by atoms with E-state index < -0.39 is 28.0 Å². The average Bonchev–Trinajstić information content (AvgIpc) is 3.40. The summed E-state index contributed by atoms with van der Waals surface area (Å²) in [6.07, 6.45) is -3.37. The number of aromatic nitrogens is 2. The largest absolute Gasteiger partial charge is 0.573 e. The maximum atomic E-state index is 12.9. The topological polar surface area (TPSA) is 158 Å². The molecule has 16 heteroatoms. The van der Waals surface area contributed by atoms with Gasteiger partial charge in [-0.15, -0.1) is 24.8 Å². The fourth-order valence-corrected chi connectivity index (χ4v) is 5.55. The highest BCUT2D eigenvalue weighted by Gasteiger charge is 2.33. The number of carbonyl (C=O) groups is 1. The first kappa shape index (κ1) is 32.9. The number of benzene rings is 2. The van der Waals surface area contributed by atoms with Gasteiger partial charge in [0.15, 0.2) is 0 Å². The molecule has 1 fully saturated rings. The van der Waals surface area contributed by atoms with Crippen molar-refractivity contribution in [2.45, 2.75) is 43.9 Å². The van der Waals surface area contributed by atoms with Crippen LogP contribution in [0.5, 0.6) is 17.2 Å². The van der Waals surface area contributed by atoms with Crippen LogP contribution in [0.4, 0.5) is 13.2 Å². The number of amides is 1. The number of nitrogens with zero attached hydrogens (tertiary/aromatic N) is 3. The number of phenols is 1. The Morgan fingerprint density at radius 3 is 2.36 bits per heavy atom. The van der Waals surface area contributed by atoms with Crippen LogP contribution in [0, 0.1) is 5.92 Å². The molecule has 1 aliphatic rings. The Morgan fingerprint density at radius 1 is 1.17 bits per heavy atom. The Balaban J connectivity index is 0.00000155. The van der Waals surface area contributed by atoms with Crippen LogP contribution in [-0.2, 0) is 21.2 Å². The number of primary amides is 1. The first-order chi connectivity index (χ1) is 19.8. The molecule has 2 aromatic carbocycles. The zero-order valence-corrected chi connectivity index (χ0v) is 24.1. The van der Waals surface area contributed by atoms with Gasteiger partial charge in [-0.1, -0.05) is 12.1 Å². The summed E-state index contributed by atoms with van der Waals surface area (Å²) in [5, 5.41) is 14.2. The van der Waals surface area contributed by atoms with E-state index in [1.54, 1.807) is 0 Å². The molecule has 0 bridgehead atoms. The van der Waals surface area contributed by atoms with Crippen molar-refractivity contribution in [3.63, 3.8) is 0 Å². The van der Waals surface area contributed by atoms with Gasteiger partial charge in [0, 0.05) is 42.9 Å². The number of halogens is 4. The Kier molecular flexibility index (Phi) is 11.4. The van der Waals surface area contributed by atoms with Gasteiger partial charge in [-0.25, -0.2) is 8.42 Å². The monoisotopic (exact) mass is 634 g/mol. The Hall–Kier alpha value is -3.56. The number of rotatable bonds is 10. The minimum atomic E-state index is -4.78. The fourth-order valence-electron chi connectivity index (χ4n) is 4.02. The van der Waals surface area contributed by atoms with E-state index in [1.165, 1.54) is 34.6 Å². The lowest BCUT2D eigenvalue weighted by molar-refractivity contribution is -0.274. The van der Waals surface area contributed by atoms with Crippen molar-refractivity contribution in [3.8, 4) is 28.6 Å². The van der Waals surface area contributed by atoms with Gasteiger partial charge >= 0.3 is 6.36 Å². The molecule has 0 atom stereocenters. The number of hydrogen-bond donors (Lipinski definition) is 2. The summed E-state index contributed by atoms with van der Waals surface area (Å²) >= 11 is 5.00. The molecule has 11 nitrogen and oxygen atoms in total. The van der Waals surface area contributed by atoms with Crippen LogP contribution in [0.25, 0.3) is 11.4 Å². The quantitative estimate of drug-likeness (QED) is 0.242. The number of carbonyl (C=O) groups excluding carboxylic acids is 1. The zero-order chi connectivity index (χ0) is 30.9. The van der Waals surface area contributed by atoms with Crippen LogP contribution >= 0.6 is 11.6 Å². The molecule has 1 saturated heterocycles. The summed E-state index contributed by atoms with van der Waals surface area (Å²) in [6, 6.07) is 8.93. The number of piperidine rings is 1. The van der Waals surface area contributed by atoms with Gasteiger partial charge in [-0.2, -0.15) is 9.29 Å². The van der Waals surface area contributed by atoms with E-state index in [2.05, 4.69) is 14.9 Å². The lowest BCUT2D eigenvalue weighted by Crippen LogP contribution is -2.41. The first-order valence-corrected chi connectivity index (χ1v) is 14.8. The maximum Gasteiger partial charge on any atom is 0.573 e. The number of aryl methyl sites for hydroxylation is 1. The van der Waals surface area contributed by atoms with Crippen LogP contribution in [0.1, 0.15) is 32.1 Å². The predicted octanol–water partition coefficient (Wildman–Crippen LogP) is 4.48. The summed E-state index contributed by atoms with van der Waals surface area (Å²) in [6.45, 7) is 2.33. The molecule has 230 valence electrons. The maximum absolute atomic E-state index is 12.9. The van der Waals surface area contributed by atoms with Crippen molar-refractivity contribution in [1.29, 1.82) is 0 Å². The summed E-state index contributed by atoms with van der Waals surface area (Å²) in [5.41, 5.74) is 5.74. The van der Waals surface area contributed by atoms with Crippen LogP contribution < -0.4 is 15.2 Å². The van der Waals surface area contributed by atoms with E-state index in [1.807, 2.05) is 6.92 Å². The summed E-state index contributed by atoms with van der Waals surface area (Å²) < 4.78 is 78.5. The molecule has 3 N–H and O–H groups in total. The molecule has 0 aliphatic carbocycles. The van der Waals surface area contributed by atoms with Crippen molar-refractivity contribution >= 4 is 27.5 Å². The molecule has 4 rings (SSSR count). The molecule has 1 aliphatic heterocycles. The predicted molar refractivity (Wildman–Crippen MR) is 145 cm³/mol. The van der Waals surface area contributed by atoms with Gasteiger partial charge in [0.25, 0.3) is 0 Å². The molecule has 0 unspecified atom stereocenters. The summed E-state index contributed by atoms with van der Waals surface area (Å²) in [4.78, 5) is 15.3. The second-order valence-corrected chi connectivity index (χ2v) is 11.5. The van der Waals surface area contributed by atoms with Gasteiger partial charge in [0.2, 0.25) is 27.6 Å². The molecule has 3 aromatic rings. The highest BCUT2D eigenvalue weighted by molar-refractivity contribution is 7.89. The van der Waals surface area contributed by atoms with Gasteiger partial charge in [0.1, 0.15) is 22.1 Å². The van der Waals surface area contributed by atoms with Gasteiger partial charge in [-0.05, 0) is 55.7 Å². The van der Waals surface area contributed by atoms with Crippen LogP contribution in [0.2, 0.25) is 0 Å². The SMILES string of the molecule is CCCl.NC(=O)C1CCN(S(=O)(=O)c2ccc(OCCCc3nc(-c4ccc(OC(F)(F)F)cc4)no3)cc2O)CC1. The van der Waals surface area contributed by atoms with E-state index in [4.69, 9.17) is 26.6 Å². The van der Waals surface area contributed by atoms with E-state index in [0.717, 1.165) is 18.0 Å². The van der Waals surface area contributed by atoms with Gasteiger partial charge < -0.3 is 24.8 Å². The molecule has 2 heterocycles. The molecule has 42 heavy (non-hydrogen) atoms. The molecular weight excluding hydrogens is 605 g/mol. The van der Waals surface area contributed by atoms with E-state index >= 15 is 0 Å². The zero-order valence-electron chi connectivity index (χ0n) is 22.5. The van der Waals surface area contributed by atoms with Crippen LogP contribution in [0.3, 0.4) is 0 Å². The number of ether oxygens (including phenoxy) is 2. The first-order valence-electron chi connectivity index (χ1n) is 12.8. The van der Waals surface area contributed by atoms with Crippen LogP contribution in [0.15, 0.2) is 51.9 Å². The van der Waals surface area contributed by atoms with Crippen molar-refractivity contribution in [1.82, 2.24) is 14.4 Å². The summed E-state index contributed by atoms with van der Waals surface area (Å²) in [5.74, 6) is -0.187. The summed E-state index contributed by atoms with van der Waals surface area (Å²) in [7, 11) is -3.96. The normalized spacial score (nSPS) is 14.6. The van der Waals surface area contributed by atoms with E-state index in [9.17, 15) is 31.5 Å². The molecule has 1 aromatic heterocycles.